The summed E-state index contributed by atoms with van der Waals surface area (Å²) in [5.74, 6) is 0.447. The van der Waals surface area contributed by atoms with E-state index in [4.69, 9.17) is 0 Å². The lowest BCUT2D eigenvalue weighted by molar-refractivity contribution is 0.190. The van der Waals surface area contributed by atoms with Crippen molar-refractivity contribution in [1.29, 1.82) is 0 Å². The number of piperazine rings is 1. The van der Waals surface area contributed by atoms with E-state index in [1.165, 1.54) is 44.2 Å². The Kier molecular flexibility index (Phi) is 5.36. The van der Waals surface area contributed by atoms with Gasteiger partial charge in [-0.1, -0.05) is 19.3 Å². The van der Waals surface area contributed by atoms with Crippen molar-refractivity contribution in [2.75, 3.05) is 37.6 Å². The van der Waals surface area contributed by atoms with E-state index < -0.39 is 0 Å². The maximum atomic E-state index is 13.0. The van der Waals surface area contributed by atoms with Gasteiger partial charge in [0.05, 0.1) is 0 Å². The largest absolute Gasteiger partial charge is 0.368 e. The zero-order chi connectivity index (χ0) is 16.1. The lowest BCUT2D eigenvalue weighted by Crippen LogP contribution is -2.52. The van der Waals surface area contributed by atoms with Gasteiger partial charge in [0.2, 0.25) is 0 Å². The number of carbonyl (C=O) groups is 1. The highest BCUT2D eigenvalue weighted by Gasteiger charge is 2.22. The highest BCUT2D eigenvalue weighted by atomic mass is 19.1. The van der Waals surface area contributed by atoms with Gasteiger partial charge in [-0.3, -0.25) is 0 Å². The molecule has 126 valence electrons. The SMILES string of the molecule is O=C(NCC1CCCCC1)N1CCN(c2ccc(F)cc2)CC1. The van der Waals surface area contributed by atoms with Gasteiger partial charge in [0, 0.05) is 38.4 Å². The van der Waals surface area contributed by atoms with Gasteiger partial charge in [0.15, 0.2) is 0 Å². The molecule has 1 heterocycles. The molecule has 1 saturated heterocycles. The van der Waals surface area contributed by atoms with Crippen LogP contribution in [0.15, 0.2) is 24.3 Å². The zero-order valence-electron chi connectivity index (χ0n) is 13.6. The molecule has 5 heteroatoms. The zero-order valence-corrected chi connectivity index (χ0v) is 13.6. The summed E-state index contributed by atoms with van der Waals surface area (Å²) in [7, 11) is 0. The molecule has 2 amide bonds. The number of rotatable bonds is 3. The summed E-state index contributed by atoms with van der Waals surface area (Å²) in [6.07, 6.45) is 6.45. The second-order valence-electron chi connectivity index (χ2n) is 6.64. The minimum Gasteiger partial charge on any atom is -0.368 e. The molecule has 1 N–H and O–H groups in total. The predicted molar refractivity (Wildman–Crippen MR) is 90.2 cm³/mol. The molecule has 4 nitrogen and oxygen atoms in total. The first-order chi connectivity index (χ1) is 11.2. The van der Waals surface area contributed by atoms with E-state index in [2.05, 4.69) is 10.2 Å². The standard InChI is InChI=1S/C18H26FN3O/c19-16-6-8-17(9-7-16)21-10-12-22(13-11-21)18(23)20-14-15-4-2-1-3-5-15/h6-9,15H,1-5,10-14H2,(H,20,23). The monoisotopic (exact) mass is 319 g/mol. The molecule has 1 aliphatic carbocycles. The Balaban J connectivity index is 1.42. The summed E-state index contributed by atoms with van der Waals surface area (Å²) in [5, 5.41) is 3.10. The minimum atomic E-state index is -0.213. The van der Waals surface area contributed by atoms with Gasteiger partial charge in [-0.05, 0) is 43.0 Å². The van der Waals surface area contributed by atoms with Gasteiger partial charge in [0.1, 0.15) is 5.82 Å². The summed E-state index contributed by atoms with van der Waals surface area (Å²) in [4.78, 5) is 16.4. The Morgan fingerprint density at radius 1 is 1.04 bits per heavy atom. The third-order valence-electron chi connectivity index (χ3n) is 5.03. The molecule has 0 bridgehead atoms. The van der Waals surface area contributed by atoms with Crippen molar-refractivity contribution in [3.05, 3.63) is 30.1 Å². The number of anilines is 1. The molecule has 0 aromatic heterocycles. The maximum Gasteiger partial charge on any atom is 0.317 e. The third kappa shape index (κ3) is 4.36. The lowest BCUT2D eigenvalue weighted by atomic mass is 9.89. The second-order valence-corrected chi connectivity index (χ2v) is 6.64. The first-order valence-electron chi connectivity index (χ1n) is 8.75. The van der Waals surface area contributed by atoms with Crippen LogP contribution in [0, 0.1) is 11.7 Å². The number of amides is 2. The molecule has 3 rings (SSSR count). The van der Waals surface area contributed by atoms with Crippen molar-refractivity contribution >= 4 is 11.7 Å². The van der Waals surface area contributed by atoms with Crippen molar-refractivity contribution < 1.29 is 9.18 Å². The Labute approximate surface area is 137 Å². The van der Waals surface area contributed by atoms with Gasteiger partial charge in [0.25, 0.3) is 0 Å². The fourth-order valence-corrected chi connectivity index (χ4v) is 3.55. The normalized spacial score (nSPS) is 19.7. The van der Waals surface area contributed by atoms with Crippen molar-refractivity contribution in [1.82, 2.24) is 10.2 Å². The van der Waals surface area contributed by atoms with Crippen LogP contribution in [-0.2, 0) is 0 Å². The van der Waals surface area contributed by atoms with E-state index in [-0.39, 0.29) is 11.8 Å². The topological polar surface area (TPSA) is 35.6 Å². The first kappa shape index (κ1) is 16.1. The molecule has 0 spiro atoms. The summed E-state index contributed by atoms with van der Waals surface area (Å²) in [5.41, 5.74) is 1.02. The van der Waals surface area contributed by atoms with Gasteiger partial charge < -0.3 is 15.1 Å². The third-order valence-corrected chi connectivity index (χ3v) is 5.03. The van der Waals surface area contributed by atoms with Gasteiger partial charge in [-0.2, -0.15) is 0 Å². The number of hydrogen-bond donors (Lipinski definition) is 1. The number of benzene rings is 1. The molecule has 1 aliphatic heterocycles. The summed E-state index contributed by atoms with van der Waals surface area (Å²) >= 11 is 0. The Bertz CT molecular complexity index is 506. The average molecular weight is 319 g/mol. The Hall–Kier alpha value is -1.78. The molecular formula is C18H26FN3O. The molecule has 0 unspecified atom stereocenters. The van der Waals surface area contributed by atoms with Crippen LogP contribution < -0.4 is 10.2 Å². The van der Waals surface area contributed by atoms with Crippen LogP contribution >= 0.6 is 0 Å². The Morgan fingerprint density at radius 2 is 1.70 bits per heavy atom. The highest BCUT2D eigenvalue weighted by molar-refractivity contribution is 5.74. The highest BCUT2D eigenvalue weighted by Crippen LogP contribution is 2.23. The van der Waals surface area contributed by atoms with Crippen LogP contribution in [-0.4, -0.2) is 43.7 Å². The molecule has 1 aromatic rings. The van der Waals surface area contributed by atoms with Gasteiger partial charge in [-0.25, -0.2) is 9.18 Å². The molecule has 2 aliphatic rings. The van der Waals surface area contributed by atoms with E-state index in [1.54, 1.807) is 12.1 Å². The first-order valence-corrected chi connectivity index (χ1v) is 8.75. The molecule has 23 heavy (non-hydrogen) atoms. The molecular weight excluding hydrogens is 293 g/mol. The number of urea groups is 1. The number of nitrogens with zero attached hydrogens (tertiary/aromatic N) is 2. The van der Waals surface area contributed by atoms with E-state index in [0.717, 1.165) is 25.3 Å². The number of carbonyl (C=O) groups excluding carboxylic acids is 1. The quantitative estimate of drug-likeness (QED) is 0.928. The molecule has 0 atom stereocenters. The summed E-state index contributed by atoms with van der Waals surface area (Å²) in [6, 6.07) is 6.63. The van der Waals surface area contributed by atoms with Crippen molar-refractivity contribution in [3.8, 4) is 0 Å². The minimum absolute atomic E-state index is 0.0642. The van der Waals surface area contributed by atoms with Crippen molar-refractivity contribution in [2.45, 2.75) is 32.1 Å². The number of nitrogens with one attached hydrogen (secondary N) is 1. The lowest BCUT2D eigenvalue weighted by Gasteiger charge is -2.36. The van der Waals surface area contributed by atoms with E-state index in [0.29, 0.717) is 19.0 Å². The van der Waals surface area contributed by atoms with Gasteiger partial charge >= 0.3 is 6.03 Å². The van der Waals surface area contributed by atoms with Crippen molar-refractivity contribution in [3.63, 3.8) is 0 Å². The van der Waals surface area contributed by atoms with Crippen LogP contribution in [0.1, 0.15) is 32.1 Å². The van der Waals surface area contributed by atoms with Crippen LogP contribution in [0.25, 0.3) is 0 Å². The predicted octanol–water partition coefficient (Wildman–Crippen LogP) is 3.24. The second kappa shape index (κ2) is 7.66. The average Bonchev–Trinajstić information content (AvgIpc) is 2.61. The molecule has 1 saturated carbocycles. The number of halogens is 1. The molecule has 2 fully saturated rings. The van der Waals surface area contributed by atoms with Crippen LogP contribution in [0.2, 0.25) is 0 Å². The Morgan fingerprint density at radius 3 is 2.35 bits per heavy atom. The van der Waals surface area contributed by atoms with E-state index in [1.807, 2.05) is 4.90 Å². The summed E-state index contributed by atoms with van der Waals surface area (Å²) < 4.78 is 13.0. The van der Waals surface area contributed by atoms with E-state index in [9.17, 15) is 9.18 Å². The molecule has 0 radical (unpaired) electrons. The fourth-order valence-electron chi connectivity index (χ4n) is 3.55. The molecule has 1 aromatic carbocycles. The van der Waals surface area contributed by atoms with Crippen LogP contribution in [0.4, 0.5) is 14.9 Å². The smallest absolute Gasteiger partial charge is 0.317 e. The van der Waals surface area contributed by atoms with Crippen LogP contribution in [0.3, 0.4) is 0 Å². The van der Waals surface area contributed by atoms with Gasteiger partial charge in [-0.15, -0.1) is 0 Å². The summed E-state index contributed by atoms with van der Waals surface area (Å²) in [6.45, 7) is 3.84. The van der Waals surface area contributed by atoms with Crippen molar-refractivity contribution in [2.24, 2.45) is 5.92 Å². The maximum absolute atomic E-state index is 13.0. The van der Waals surface area contributed by atoms with Crippen LogP contribution in [0.5, 0.6) is 0 Å². The van der Waals surface area contributed by atoms with E-state index >= 15 is 0 Å². The fraction of sp³-hybridized carbons (Fsp3) is 0.611. The number of hydrogen-bond acceptors (Lipinski definition) is 2.